The van der Waals surface area contributed by atoms with Gasteiger partial charge >= 0.3 is 5.97 Å². The molecule has 63 heavy (non-hydrogen) atoms. The third kappa shape index (κ3) is 10.8. The normalized spacial score (nSPS) is 15.5. The maximum Gasteiger partial charge on any atom is 0.322 e. The third-order valence-electron chi connectivity index (χ3n) is 8.55. The number of allylic oxidation sites excluding steroid dienone is 4. The van der Waals surface area contributed by atoms with Gasteiger partial charge in [0.05, 0.1) is 33.2 Å². The summed E-state index contributed by atoms with van der Waals surface area (Å²) in [5, 5.41) is 29.6. The van der Waals surface area contributed by atoms with Gasteiger partial charge in [-0.3, -0.25) is 43.7 Å². The Balaban J connectivity index is 1.18. The summed E-state index contributed by atoms with van der Waals surface area (Å²) in [7, 11) is -15.0. The van der Waals surface area contributed by atoms with E-state index < -0.39 is 96.7 Å². The number of carbonyl (C=O) groups excluding carboxylic acids is 3. The number of amides is 1. The average molecular weight is 920 g/mol. The topological polar surface area (TPSA) is 375 Å². The summed E-state index contributed by atoms with van der Waals surface area (Å²) in [6, 6.07) is 16.4. The lowest BCUT2D eigenvalue weighted by Crippen LogP contribution is -2.28. The van der Waals surface area contributed by atoms with Crippen molar-refractivity contribution in [3.8, 4) is 0 Å². The van der Waals surface area contributed by atoms with Crippen molar-refractivity contribution in [3.63, 3.8) is 0 Å². The number of nitrogen functional groups attached to an aromatic ring is 1. The number of nitrogens with zero attached hydrogens (tertiary/aromatic N) is 4. The average Bonchev–Trinajstić information content (AvgIpc) is 3.21. The van der Waals surface area contributed by atoms with E-state index in [4.69, 9.17) is 10.8 Å². The van der Waals surface area contributed by atoms with Crippen LogP contribution in [0.1, 0.15) is 26.3 Å². The van der Waals surface area contributed by atoms with Crippen LogP contribution < -0.4 is 27.2 Å². The predicted molar refractivity (Wildman–Crippen MR) is 226 cm³/mol. The number of Topliss-reactive ketones (excluding diaryl/α,β-unsaturated/α-hetero) is 1. The summed E-state index contributed by atoms with van der Waals surface area (Å²) in [5.41, 5.74) is 9.22. The lowest BCUT2D eigenvalue weighted by Gasteiger charge is -2.20. The highest BCUT2D eigenvalue weighted by Crippen LogP contribution is 2.41. The summed E-state index contributed by atoms with van der Waals surface area (Å²) in [6.07, 6.45) is 4.78. The number of hydrogen-bond acceptors (Lipinski definition) is 18. The molecule has 23 nitrogen and oxygen atoms in total. The van der Waals surface area contributed by atoms with Crippen molar-refractivity contribution in [2.75, 3.05) is 28.4 Å². The smallest absolute Gasteiger partial charge is 0.322 e. The summed E-state index contributed by atoms with van der Waals surface area (Å²) < 4.78 is 101. The first-order valence-corrected chi connectivity index (χ1v) is 21.7. The van der Waals surface area contributed by atoms with Gasteiger partial charge in [0.1, 0.15) is 27.7 Å². The number of fused-ring (bicyclic) bond motifs is 1. The number of benzene rings is 4. The van der Waals surface area contributed by atoms with Crippen LogP contribution in [0.25, 0.3) is 6.08 Å². The first-order valence-electron chi connectivity index (χ1n) is 17.3. The molecule has 2 aliphatic rings. The number of hydrazone groups is 2. The molecule has 1 amide bonds. The van der Waals surface area contributed by atoms with Crippen LogP contribution in [-0.4, -0.2) is 85.4 Å². The summed E-state index contributed by atoms with van der Waals surface area (Å²) in [4.78, 5) is 47.2. The van der Waals surface area contributed by atoms with Crippen molar-refractivity contribution in [3.05, 3.63) is 124 Å². The minimum Gasteiger partial charge on any atom is -0.480 e. The summed E-state index contributed by atoms with van der Waals surface area (Å²) >= 11 is 0. The second kappa shape index (κ2) is 17.7. The highest BCUT2D eigenvalue weighted by Gasteiger charge is 2.37. The fourth-order valence-corrected chi connectivity index (χ4v) is 7.37. The second-order valence-electron chi connectivity index (χ2n) is 12.9. The van der Waals surface area contributed by atoms with Crippen molar-refractivity contribution in [2.24, 2.45) is 20.4 Å². The maximum absolute atomic E-state index is 13.7. The van der Waals surface area contributed by atoms with Gasteiger partial charge in [0, 0.05) is 23.0 Å². The zero-order valence-electron chi connectivity index (χ0n) is 31.5. The zero-order valence-corrected chi connectivity index (χ0v) is 33.9. The molecule has 0 atom stereocenters. The number of rotatable bonds is 14. The Morgan fingerprint density at radius 2 is 1.30 bits per heavy atom. The molecule has 0 radical (unpaired) electrons. The molecule has 0 aliphatic heterocycles. The van der Waals surface area contributed by atoms with Gasteiger partial charge in [0.2, 0.25) is 11.6 Å². The molecule has 0 saturated heterocycles. The van der Waals surface area contributed by atoms with E-state index in [1.54, 1.807) is 24.3 Å². The van der Waals surface area contributed by atoms with E-state index in [0.717, 1.165) is 24.3 Å². The fourth-order valence-electron chi connectivity index (χ4n) is 5.56. The number of carboxylic acids is 1. The predicted octanol–water partition coefficient (Wildman–Crippen LogP) is 3.79. The van der Waals surface area contributed by atoms with Crippen LogP contribution in [0.2, 0.25) is 0 Å². The second-order valence-corrected chi connectivity index (χ2v) is 17.1. The summed E-state index contributed by atoms with van der Waals surface area (Å²) in [6.45, 7) is -0.366. The largest absolute Gasteiger partial charge is 0.480 e. The van der Waals surface area contributed by atoms with Gasteiger partial charge in [0.15, 0.2) is 5.71 Å². The molecule has 0 heterocycles. The number of nitrogens with one attached hydrogen (secondary N) is 4. The van der Waals surface area contributed by atoms with Crippen LogP contribution in [0.3, 0.4) is 0 Å². The third-order valence-corrected chi connectivity index (χ3v) is 11.1. The molecule has 6 rings (SSSR count). The number of hydrogen-bond donors (Lipinski definition) is 9. The molecule has 0 unspecified atom stereocenters. The Hall–Kier alpha value is -7.75. The van der Waals surface area contributed by atoms with E-state index in [2.05, 4.69) is 41.9 Å². The molecule has 324 valence electrons. The minimum atomic E-state index is -5.24. The Kier molecular flexibility index (Phi) is 12.6. The number of anilines is 4. The number of carboxylic acid groups (broad SMARTS) is 1. The molecule has 0 spiro atoms. The number of nitrogens with two attached hydrogens (primary N) is 1. The molecule has 0 saturated carbocycles. The zero-order chi connectivity index (χ0) is 45.9. The van der Waals surface area contributed by atoms with Crippen molar-refractivity contribution in [2.45, 2.75) is 9.79 Å². The molecule has 4 aromatic carbocycles. The molecular weight excluding hydrogens is 891 g/mol. The van der Waals surface area contributed by atoms with E-state index >= 15 is 0 Å². The van der Waals surface area contributed by atoms with Crippen LogP contribution in [-0.2, 0) is 39.9 Å². The number of aliphatic carboxylic acids is 1. The molecule has 0 bridgehead atoms. The monoisotopic (exact) mass is 919 g/mol. The van der Waals surface area contributed by atoms with Crippen molar-refractivity contribution in [1.82, 2.24) is 5.32 Å². The molecule has 4 aromatic rings. The Morgan fingerprint density at radius 3 is 1.87 bits per heavy atom. The highest BCUT2D eigenvalue weighted by molar-refractivity contribution is 7.91. The lowest BCUT2D eigenvalue weighted by molar-refractivity contribution is -0.135. The molecule has 0 fully saturated rings. The Bertz CT molecular complexity index is 3130. The van der Waals surface area contributed by atoms with E-state index in [-0.39, 0.29) is 29.2 Å². The van der Waals surface area contributed by atoms with E-state index in [0.29, 0.717) is 29.2 Å². The first kappa shape index (κ1) is 44.8. The highest BCUT2D eigenvalue weighted by atomic mass is 32.2. The molecule has 26 heteroatoms. The molecule has 10 N–H and O–H groups in total. The van der Waals surface area contributed by atoms with Crippen molar-refractivity contribution in [1.29, 1.82) is 0 Å². The Labute approximate surface area is 355 Å². The van der Waals surface area contributed by atoms with Gasteiger partial charge < -0.3 is 21.5 Å². The van der Waals surface area contributed by atoms with Crippen LogP contribution >= 0.6 is 0 Å². The number of azo groups is 1. The SMILES string of the molecule is Nc1c(N=Nc2ccc(C(=O)Nc3ccc(N/N=C4/C=CC(NCC(=O)O)=CC4=O)cc3)cc2)c(S(=O)(=O)O)cc2c1C(=O)/C(=N/Nc1ccc(S(=O)(=O)O)cc1)C(S(=O)(=O)O)=C2. The molecular formula is C37H29N9O14S3. The lowest BCUT2D eigenvalue weighted by atomic mass is 9.92. The van der Waals surface area contributed by atoms with Crippen LogP contribution in [0.4, 0.5) is 34.1 Å². The maximum atomic E-state index is 13.7. The van der Waals surface area contributed by atoms with Crippen molar-refractivity contribution < 1.29 is 63.2 Å². The van der Waals surface area contributed by atoms with Crippen LogP contribution in [0.15, 0.2) is 138 Å². The van der Waals surface area contributed by atoms with Gasteiger partial charge in [-0.15, -0.1) is 5.11 Å². The number of ketones is 2. The number of carbonyl (C=O) groups is 4. The quantitative estimate of drug-likeness (QED) is 0.0285. The van der Waals surface area contributed by atoms with Crippen LogP contribution in [0.5, 0.6) is 0 Å². The van der Waals surface area contributed by atoms with E-state index in [9.17, 15) is 58.1 Å². The van der Waals surface area contributed by atoms with E-state index in [1.165, 1.54) is 42.5 Å². The standard InChI is InChI=1S/C37H29N9O14S3/c38-33-32-20(16-30(63(58,59)60)35(36(32)50)46-43-24-9-12-26(13-10-24)61(52,53)54)15-29(62(55,56)57)34(33)45-42-22-3-1-19(2-4-22)37(51)40-21-5-7-23(8-6-21)41-44-27-14-11-25(17-28(27)47)39-18-31(48)49/h1-17,39,41,43H,18,38H2,(H,40,51)(H,48,49)(H,52,53,54)(H,55,56,57)(H,58,59,60)/b44-27-,45-42?,46-35+. The summed E-state index contributed by atoms with van der Waals surface area (Å²) in [5.74, 6) is -3.37. The van der Waals surface area contributed by atoms with Crippen molar-refractivity contribution >= 4 is 105 Å². The molecule has 0 aromatic heterocycles. The van der Waals surface area contributed by atoms with Crippen LogP contribution in [0, 0.1) is 0 Å². The first-order chi connectivity index (χ1) is 29.6. The van der Waals surface area contributed by atoms with Gasteiger partial charge in [-0.05, 0) is 103 Å². The van der Waals surface area contributed by atoms with E-state index in [1.807, 2.05) is 0 Å². The van der Waals surface area contributed by atoms with Gasteiger partial charge in [0.25, 0.3) is 36.3 Å². The van der Waals surface area contributed by atoms with Gasteiger partial charge in [-0.25, -0.2) is 0 Å². The minimum absolute atomic E-state index is 0.0109. The fraction of sp³-hybridized carbons (Fsp3) is 0.0270. The Morgan fingerprint density at radius 1 is 0.698 bits per heavy atom. The van der Waals surface area contributed by atoms with Gasteiger partial charge in [-0.2, -0.15) is 40.6 Å². The van der Waals surface area contributed by atoms with Gasteiger partial charge in [-0.1, -0.05) is 0 Å². The molecule has 2 aliphatic carbocycles.